The van der Waals surface area contributed by atoms with Gasteiger partial charge in [-0.25, -0.2) is 0 Å². The first-order valence-corrected chi connectivity index (χ1v) is 7.49. The second-order valence-electron chi connectivity index (χ2n) is 5.61. The fraction of sp³-hybridized carbons (Fsp3) is 0.263. The zero-order valence-electron chi connectivity index (χ0n) is 13.7. The lowest BCUT2D eigenvalue weighted by molar-refractivity contribution is -0.137. The standard InChI is InChI=1S/C19H16F3O3/c1-12-9-16(25-2)7-8-17(12)18(24)14(11-23)10-13-3-5-15(6-4-13)19(20,21)22/h3-9,14H,10H2,1-2H3. The molecule has 0 aliphatic rings. The van der Waals surface area contributed by atoms with Crippen molar-refractivity contribution in [2.24, 2.45) is 5.92 Å². The molecule has 25 heavy (non-hydrogen) atoms. The SMILES string of the molecule is COc1ccc(C(=O)C([C]=O)Cc2ccc(C(F)(F)F)cc2)c(C)c1. The van der Waals surface area contributed by atoms with Crippen LogP contribution in [0.2, 0.25) is 0 Å². The van der Waals surface area contributed by atoms with Crippen LogP contribution in [0.15, 0.2) is 42.5 Å². The summed E-state index contributed by atoms with van der Waals surface area (Å²) >= 11 is 0. The van der Waals surface area contributed by atoms with Gasteiger partial charge < -0.3 is 4.74 Å². The lowest BCUT2D eigenvalue weighted by Crippen LogP contribution is -2.20. The Morgan fingerprint density at radius 3 is 2.28 bits per heavy atom. The topological polar surface area (TPSA) is 43.4 Å². The number of Topliss-reactive ketones (excluding diaryl/α,β-unsaturated/α-hetero) is 1. The van der Waals surface area contributed by atoms with Gasteiger partial charge in [0.25, 0.3) is 0 Å². The summed E-state index contributed by atoms with van der Waals surface area (Å²) in [6.07, 6.45) is -2.74. The van der Waals surface area contributed by atoms with Gasteiger partial charge in [0.1, 0.15) is 5.75 Å². The molecule has 1 radical (unpaired) electrons. The third kappa shape index (κ3) is 4.47. The van der Waals surface area contributed by atoms with Gasteiger partial charge in [-0.2, -0.15) is 13.2 Å². The molecule has 2 rings (SSSR count). The van der Waals surface area contributed by atoms with Crippen molar-refractivity contribution in [2.45, 2.75) is 19.5 Å². The number of rotatable bonds is 6. The number of carbonyl (C=O) groups is 1. The summed E-state index contributed by atoms with van der Waals surface area (Å²) < 4.78 is 42.8. The van der Waals surface area contributed by atoms with E-state index >= 15 is 0 Å². The number of carbonyl (C=O) groups excluding carboxylic acids is 2. The van der Waals surface area contributed by atoms with Crippen LogP contribution in [-0.4, -0.2) is 19.2 Å². The van der Waals surface area contributed by atoms with Gasteiger partial charge in [0, 0.05) is 5.56 Å². The zero-order chi connectivity index (χ0) is 18.6. The summed E-state index contributed by atoms with van der Waals surface area (Å²) in [5, 5.41) is 0. The molecule has 0 saturated carbocycles. The van der Waals surface area contributed by atoms with Crippen LogP contribution in [-0.2, 0) is 17.4 Å². The number of ether oxygens (including phenoxy) is 1. The smallest absolute Gasteiger partial charge is 0.416 e. The van der Waals surface area contributed by atoms with Crippen molar-refractivity contribution >= 4 is 12.1 Å². The van der Waals surface area contributed by atoms with Crippen molar-refractivity contribution in [3.05, 3.63) is 64.7 Å². The second-order valence-corrected chi connectivity index (χ2v) is 5.61. The van der Waals surface area contributed by atoms with Gasteiger partial charge in [-0.15, -0.1) is 0 Å². The van der Waals surface area contributed by atoms with Crippen molar-refractivity contribution in [2.75, 3.05) is 7.11 Å². The van der Waals surface area contributed by atoms with Crippen LogP contribution in [0.5, 0.6) is 5.75 Å². The molecule has 1 unspecified atom stereocenters. The minimum atomic E-state index is -4.43. The number of hydrogen-bond donors (Lipinski definition) is 0. The Morgan fingerprint density at radius 2 is 1.80 bits per heavy atom. The first-order chi connectivity index (χ1) is 11.8. The van der Waals surface area contributed by atoms with Crippen LogP contribution in [0.25, 0.3) is 0 Å². The van der Waals surface area contributed by atoms with Crippen molar-refractivity contribution in [3.63, 3.8) is 0 Å². The second kappa shape index (κ2) is 7.51. The fourth-order valence-corrected chi connectivity index (χ4v) is 2.48. The molecule has 0 spiro atoms. The molecule has 0 aliphatic carbocycles. The molecule has 0 fully saturated rings. The molecule has 0 amide bonds. The molecule has 0 N–H and O–H groups in total. The van der Waals surface area contributed by atoms with Crippen LogP contribution >= 0.6 is 0 Å². The Hall–Kier alpha value is -2.63. The summed E-state index contributed by atoms with van der Waals surface area (Å²) in [5.41, 5.74) is 0.694. The van der Waals surface area contributed by atoms with Crippen LogP contribution < -0.4 is 4.74 Å². The Kier molecular flexibility index (Phi) is 5.62. The molecule has 0 bridgehead atoms. The summed E-state index contributed by atoms with van der Waals surface area (Å²) in [4.78, 5) is 23.8. The fourth-order valence-electron chi connectivity index (χ4n) is 2.48. The molecular weight excluding hydrogens is 333 g/mol. The number of methoxy groups -OCH3 is 1. The molecule has 2 aromatic rings. The minimum absolute atomic E-state index is 0.00800. The third-order valence-corrected chi connectivity index (χ3v) is 3.88. The van der Waals surface area contributed by atoms with Gasteiger partial charge in [0.2, 0.25) is 6.29 Å². The van der Waals surface area contributed by atoms with Crippen molar-refractivity contribution < 1.29 is 27.5 Å². The van der Waals surface area contributed by atoms with Crippen molar-refractivity contribution in [1.29, 1.82) is 0 Å². The lowest BCUT2D eigenvalue weighted by atomic mass is 9.90. The van der Waals surface area contributed by atoms with Gasteiger partial charge in [-0.3, -0.25) is 9.59 Å². The Bertz CT molecular complexity index is 764. The van der Waals surface area contributed by atoms with E-state index in [0.29, 0.717) is 22.4 Å². The molecule has 1 atom stereocenters. The Morgan fingerprint density at radius 1 is 1.16 bits per heavy atom. The van der Waals surface area contributed by atoms with Gasteiger partial charge >= 0.3 is 6.18 Å². The van der Waals surface area contributed by atoms with E-state index in [0.717, 1.165) is 12.1 Å². The van der Waals surface area contributed by atoms with E-state index in [-0.39, 0.29) is 6.42 Å². The first kappa shape index (κ1) is 18.7. The highest BCUT2D eigenvalue weighted by atomic mass is 19.4. The van der Waals surface area contributed by atoms with Crippen LogP contribution in [0, 0.1) is 12.8 Å². The van der Waals surface area contributed by atoms with Crippen LogP contribution in [0.3, 0.4) is 0 Å². The van der Waals surface area contributed by atoms with E-state index in [1.165, 1.54) is 19.2 Å². The van der Waals surface area contributed by atoms with E-state index in [4.69, 9.17) is 4.74 Å². The molecule has 0 aliphatic heterocycles. The van der Waals surface area contributed by atoms with Crippen LogP contribution in [0.4, 0.5) is 13.2 Å². The number of ketones is 1. The number of halogens is 3. The van der Waals surface area contributed by atoms with Gasteiger partial charge in [0.15, 0.2) is 5.78 Å². The normalized spacial score (nSPS) is 12.5. The highest BCUT2D eigenvalue weighted by molar-refractivity contribution is 6.06. The maximum atomic E-state index is 12.6. The first-order valence-electron chi connectivity index (χ1n) is 7.49. The predicted octanol–water partition coefficient (Wildman–Crippen LogP) is 4.17. The predicted molar refractivity (Wildman–Crippen MR) is 86.4 cm³/mol. The van der Waals surface area contributed by atoms with Crippen LogP contribution in [0.1, 0.15) is 27.0 Å². The maximum absolute atomic E-state index is 12.6. The van der Waals surface area contributed by atoms with E-state index in [2.05, 4.69) is 0 Å². The van der Waals surface area contributed by atoms with E-state index in [9.17, 15) is 22.8 Å². The van der Waals surface area contributed by atoms with E-state index < -0.39 is 23.4 Å². The summed E-state index contributed by atoms with van der Waals surface area (Å²) in [6, 6.07) is 9.24. The Balaban J connectivity index is 2.19. The third-order valence-electron chi connectivity index (χ3n) is 3.88. The quantitative estimate of drug-likeness (QED) is 0.581. The molecule has 131 valence electrons. The van der Waals surface area contributed by atoms with Crippen molar-refractivity contribution in [1.82, 2.24) is 0 Å². The highest BCUT2D eigenvalue weighted by Gasteiger charge is 2.30. The molecule has 0 saturated heterocycles. The molecule has 0 heterocycles. The molecule has 6 heteroatoms. The maximum Gasteiger partial charge on any atom is 0.416 e. The average Bonchev–Trinajstić information content (AvgIpc) is 2.58. The monoisotopic (exact) mass is 349 g/mol. The summed E-state index contributed by atoms with van der Waals surface area (Å²) in [6.45, 7) is 1.72. The minimum Gasteiger partial charge on any atom is -0.497 e. The molecule has 3 nitrogen and oxygen atoms in total. The lowest BCUT2D eigenvalue weighted by Gasteiger charge is -2.13. The number of aryl methyl sites for hydroxylation is 1. The highest BCUT2D eigenvalue weighted by Crippen LogP contribution is 2.29. The van der Waals surface area contributed by atoms with E-state index in [1.807, 2.05) is 0 Å². The summed E-state index contributed by atoms with van der Waals surface area (Å²) in [7, 11) is 1.50. The largest absolute Gasteiger partial charge is 0.497 e. The van der Waals surface area contributed by atoms with E-state index in [1.54, 1.807) is 31.4 Å². The van der Waals surface area contributed by atoms with Gasteiger partial charge in [-0.05, 0) is 54.8 Å². The van der Waals surface area contributed by atoms with Crippen molar-refractivity contribution in [3.8, 4) is 5.75 Å². The zero-order valence-corrected chi connectivity index (χ0v) is 13.7. The molecular formula is C19H16F3O3. The number of alkyl halides is 3. The molecule has 0 aromatic heterocycles. The molecule has 2 aromatic carbocycles. The number of hydrogen-bond acceptors (Lipinski definition) is 3. The Labute approximate surface area is 143 Å². The number of benzene rings is 2. The average molecular weight is 349 g/mol. The van der Waals surface area contributed by atoms with Gasteiger partial charge in [0.05, 0.1) is 18.6 Å². The van der Waals surface area contributed by atoms with Gasteiger partial charge in [-0.1, -0.05) is 12.1 Å². The summed E-state index contributed by atoms with van der Waals surface area (Å²) in [5.74, 6) is -0.915.